The fourth-order valence-electron chi connectivity index (χ4n) is 4.08. The Kier molecular flexibility index (Phi) is 7.08. The molecule has 8 nitrogen and oxygen atoms in total. The highest BCUT2D eigenvalue weighted by molar-refractivity contribution is 7.99. The molecule has 0 radical (unpaired) electrons. The Balaban J connectivity index is 1.44. The number of benzene rings is 2. The number of anilines is 1. The molecule has 33 heavy (non-hydrogen) atoms. The number of aryl methyl sites for hydroxylation is 2. The zero-order valence-corrected chi connectivity index (χ0v) is 19.6. The monoisotopic (exact) mass is 468 g/mol. The molecular weight excluding hydrogens is 440 g/mol. The largest absolute Gasteiger partial charge is 0.497 e. The Hall–Kier alpha value is -3.20. The van der Waals surface area contributed by atoms with Gasteiger partial charge in [-0.15, -0.1) is 11.8 Å². The molecule has 1 aliphatic rings. The van der Waals surface area contributed by atoms with Crippen molar-refractivity contribution in [2.45, 2.75) is 38.9 Å². The molecule has 1 unspecified atom stereocenters. The molecule has 0 spiro atoms. The molecule has 0 aliphatic carbocycles. The summed E-state index contributed by atoms with van der Waals surface area (Å²) >= 11 is 1.55. The fraction of sp³-hybridized carbons (Fsp3) is 0.375. The smallest absolute Gasteiger partial charge is 0.329 e. The molecule has 174 valence electrons. The van der Waals surface area contributed by atoms with Crippen LogP contribution in [0.1, 0.15) is 19.8 Å². The van der Waals surface area contributed by atoms with Crippen LogP contribution in [0, 0.1) is 0 Å². The van der Waals surface area contributed by atoms with Crippen molar-refractivity contribution in [1.82, 2.24) is 14.0 Å². The molecule has 3 aromatic rings. The topological polar surface area (TPSA) is 85.6 Å². The molecule has 1 N–H and O–H groups in total. The minimum atomic E-state index is -0.539. The highest BCUT2D eigenvalue weighted by atomic mass is 32.2. The average molecular weight is 469 g/mol. The highest BCUT2D eigenvalue weighted by Gasteiger charge is 2.34. The maximum Gasteiger partial charge on any atom is 0.329 e. The van der Waals surface area contributed by atoms with E-state index in [9.17, 15) is 14.4 Å². The first kappa shape index (κ1) is 23.0. The van der Waals surface area contributed by atoms with Crippen LogP contribution in [0.25, 0.3) is 11.0 Å². The normalized spacial score (nSPS) is 15.7. The summed E-state index contributed by atoms with van der Waals surface area (Å²) in [6.07, 6.45) is 1.01. The van der Waals surface area contributed by atoms with Gasteiger partial charge in [0.15, 0.2) is 0 Å². The number of aromatic nitrogens is 2. The van der Waals surface area contributed by atoms with Gasteiger partial charge in [0.05, 0.1) is 24.0 Å². The first-order valence-corrected chi connectivity index (χ1v) is 12.2. The van der Waals surface area contributed by atoms with Crippen LogP contribution in [0.5, 0.6) is 5.75 Å². The summed E-state index contributed by atoms with van der Waals surface area (Å²) in [6.45, 7) is 2.95. The molecule has 2 aromatic carbocycles. The summed E-state index contributed by atoms with van der Waals surface area (Å²) in [5, 5.41) is 2.88. The third-order valence-corrected chi connectivity index (χ3v) is 6.80. The first-order chi connectivity index (χ1) is 16.0. The van der Waals surface area contributed by atoms with E-state index in [2.05, 4.69) is 5.32 Å². The van der Waals surface area contributed by atoms with Crippen molar-refractivity contribution in [3.8, 4) is 5.75 Å². The van der Waals surface area contributed by atoms with Crippen LogP contribution < -0.4 is 15.7 Å². The number of amides is 2. The van der Waals surface area contributed by atoms with E-state index in [1.165, 1.54) is 0 Å². The SMILES string of the molecule is CCCn1c(=O)n(CCC(=O)N2CSCC2C(=O)Nc2ccc(OC)cc2)c2ccccc21. The lowest BCUT2D eigenvalue weighted by Crippen LogP contribution is -2.44. The second-order valence-corrected chi connectivity index (χ2v) is 8.92. The van der Waals surface area contributed by atoms with Crippen LogP contribution in [-0.2, 0) is 22.7 Å². The van der Waals surface area contributed by atoms with Gasteiger partial charge in [0.25, 0.3) is 0 Å². The number of hydrogen-bond donors (Lipinski definition) is 1. The van der Waals surface area contributed by atoms with Crippen molar-refractivity contribution in [2.75, 3.05) is 24.1 Å². The van der Waals surface area contributed by atoms with Crippen molar-refractivity contribution >= 4 is 40.3 Å². The van der Waals surface area contributed by atoms with Crippen LogP contribution in [0.3, 0.4) is 0 Å². The first-order valence-electron chi connectivity index (χ1n) is 11.0. The van der Waals surface area contributed by atoms with Gasteiger partial charge in [-0.25, -0.2) is 4.79 Å². The summed E-state index contributed by atoms with van der Waals surface area (Å²) in [6, 6.07) is 14.2. The number of rotatable bonds is 8. The van der Waals surface area contributed by atoms with Crippen LogP contribution in [0.2, 0.25) is 0 Å². The standard InChI is InChI=1S/C24H28N4O4S/c1-3-13-26-19-6-4-5-7-20(19)27(24(26)31)14-12-22(29)28-16-33-15-21(28)23(30)25-17-8-10-18(32-2)11-9-17/h4-11,21H,3,12-16H2,1-2H3,(H,25,30). The Labute approximate surface area is 196 Å². The van der Waals surface area contributed by atoms with Gasteiger partial charge in [0.1, 0.15) is 11.8 Å². The van der Waals surface area contributed by atoms with E-state index in [1.54, 1.807) is 57.2 Å². The molecule has 1 fully saturated rings. The minimum Gasteiger partial charge on any atom is -0.497 e. The Bertz CT molecular complexity index is 1200. The number of carbonyl (C=O) groups excluding carboxylic acids is 2. The molecule has 9 heteroatoms. The van der Waals surface area contributed by atoms with Gasteiger partial charge in [0.2, 0.25) is 11.8 Å². The number of imidazole rings is 1. The van der Waals surface area contributed by atoms with E-state index < -0.39 is 6.04 Å². The summed E-state index contributed by atoms with van der Waals surface area (Å²) in [4.78, 5) is 40.5. The molecule has 1 saturated heterocycles. The number of hydrogen-bond acceptors (Lipinski definition) is 5. The summed E-state index contributed by atoms with van der Waals surface area (Å²) in [5.74, 6) is 1.37. The predicted octanol–water partition coefficient (Wildman–Crippen LogP) is 3.15. The zero-order chi connectivity index (χ0) is 23.4. The second-order valence-electron chi connectivity index (χ2n) is 7.92. The Morgan fingerprint density at radius 3 is 2.36 bits per heavy atom. The van der Waals surface area contributed by atoms with Gasteiger partial charge in [-0.3, -0.25) is 18.7 Å². The molecule has 1 atom stereocenters. The number of para-hydroxylation sites is 2. The third kappa shape index (κ3) is 4.78. The van der Waals surface area contributed by atoms with Crippen LogP contribution in [-0.4, -0.2) is 50.6 Å². The molecule has 4 rings (SSSR count). The summed E-state index contributed by atoms with van der Waals surface area (Å²) < 4.78 is 8.57. The van der Waals surface area contributed by atoms with Crippen molar-refractivity contribution in [3.05, 3.63) is 59.0 Å². The van der Waals surface area contributed by atoms with Crippen molar-refractivity contribution < 1.29 is 14.3 Å². The van der Waals surface area contributed by atoms with Gasteiger partial charge in [-0.1, -0.05) is 19.1 Å². The summed E-state index contributed by atoms with van der Waals surface area (Å²) in [7, 11) is 1.59. The van der Waals surface area contributed by atoms with E-state index in [0.717, 1.165) is 17.5 Å². The maximum absolute atomic E-state index is 13.0. The average Bonchev–Trinajstić information content (AvgIpc) is 3.42. The lowest BCUT2D eigenvalue weighted by molar-refractivity contribution is -0.136. The van der Waals surface area contributed by atoms with Crippen molar-refractivity contribution in [1.29, 1.82) is 0 Å². The van der Waals surface area contributed by atoms with Gasteiger partial charge >= 0.3 is 5.69 Å². The van der Waals surface area contributed by atoms with E-state index in [4.69, 9.17) is 4.74 Å². The van der Waals surface area contributed by atoms with Gasteiger partial charge < -0.3 is 15.0 Å². The van der Waals surface area contributed by atoms with E-state index in [0.29, 0.717) is 29.6 Å². The van der Waals surface area contributed by atoms with Gasteiger partial charge in [-0.2, -0.15) is 0 Å². The Morgan fingerprint density at radius 1 is 1.06 bits per heavy atom. The molecule has 2 heterocycles. The fourth-order valence-corrected chi connectivity index (χ4v) is 5.27. The molecule has 1 aromatic heterocycles. The molecule has 0 bridgehead atoms. The van der Waals surface area contributed by atoms with E-state index >= 15 is 0 Å². The van der Waals surface area contributed by atoms with Crippen molar-refractivity contribution in [3.63, 3.8) is 0 Å². The lowest BCUT2D eigenvalue weighted by atomic mass is 10.2. The summed E-state index contributed by atoms with van der Waals surface area (Å²) in [5.41, 5.74) is 2.26. The van der Waals surface area contributed by atoms with Crippen LogP contribution in [0.4, 0.5) is 5.69 Å². The molecule has 1 aliphatic heterocycles. The minimum absolute atomic E-state index is 0.101. The Morgan fingerprint density at radius 2 is 1.73 bits per heavy atom. The predicted molar refractivity (Wildman–Crippen MR) is 131 cm³/mol. The number of thioether (sulfide) groups is 1. The molecular formula is C24H28N4O4S. The van der Waals surface area contributed by atoms with Gasteiger partial charge in [0, 0.05) is 31.0 Å². The second kappa shape index (κ2) is 10.2. The van der Waals surface area contributed by atoms with Crippen LogP contribution >= 0.6 is 11.8 Å². The number of nitrogens with one attached hydrogen (secondary N) is 1. The lowest BCUT2D eigenvalue weighted by Gasteiger charge is -2.23. The maximum atomic E-state index is 13.0. The number of carbonyl (C=O) groups is 2. The highest BCUT2D eigenvalue weighted by Crippen LogP contribution is 2.24. The zero-order valence-electron chi connectivity index (χ0n) is 18.8. The molecule has 0 saturated carbocycles. The quantitative estimate of drug-likeness (QED) is 0.549. The molecule has 2 amide bonds. The van der Waals surface area contributed by atoms with Gasteiger partial charge in [-0.05, 0) is 42.8 Å². The van der Waals surface area contributed by atoms with E-state index in [-0.39, 0.29) is 30.5 Å². The van der Waals surface area contributed by atoms with E-state index in [1.807, 2.05) is 31.2 Å². The third-order valence-electron chi connectivity index (χ3n) is 5.78. The van der Waals surface area contributed by atoms with Crippen LogP contribution in [0.15, 0.2) is 53.3 Å². The number of methoxy groups -OCH3 is 1. The number of ether oxygens (including phenoxy) is 1. The number of fused-ring (bicyclic) bond motifs is 1. The number of nitrogens with zero attached hydrogens (tertiary/aromatic N) is 3. The van der Waals surface area contributed by atoms with Crippen molar-refractivity contribution in [2.24, 2.45) is 0 Å².